The van der Waals surface area contributed by atoms with E-state index in [2.05, 4.69) is 14.9 Å². The second-order valence-corrected chi connectivity index (χ2v) is 7.80. The van der Waals surface area contributed by atoms with E-state index in [1.165, 1.54) is 23.0 Å². The molecule has 138 valence electrons. The summed E-state index contributed by atoms with van der Waals surface area (Å²) in [5.74, 6) is -0.303. The third kappa shape index (κ3) is 3.34. The molecule has 0 saturated heterocycles. The van der Waals surface area contributed by atoms with E-state index < -0.39 is 10.0 Å². The zero-order valence-corrected chi connectivity index (χ0v) is 15.8. The number of hydrogen-bond acceptors (Lipinski definition) is 4. The van der Waals surface area contributed by atoms with Crippen molar-refractivity contribution >= 4 is 15.7 Å². The summed E-state index contributed by atoms with van der Waals surface area (Å²) in [5, 5.41) is 8.39. The molecule has 0 bridgehead atoms. The summed E-state index contributed by atoms with van der Waals surface area (Å²) >= 11 is 0. The van der Waals surface area contributed by atoms with Gasteiger partial charge < -0.3 is 0 Å². The number of benzene rings is 1. The summed E-state index contributed by atoms with van der Waals surface area (Å²) in [5.41, 5.74) is 3.10. The van der Waals surface area contributed by atoms with Gasteiger partial charge in [0, 0.05) is 7.05 Å². The monoisotopic (exact) mass is 377 g/mol. The highest BCUT2D eigenvalue weighted by Crippen LogP contribution is 2.25. The molecule has 2 aromatic heterocycles. The molecule has 0 unspecified atom stereocenters. The van der Waals surface area contributed by atoms with Crippen LogP contribution in [0.15, 0.2) is 35.4 Å². The lowest BCUT2D eigenvalue weighted by molar-refractivity contribution is 0.600. The van der Waals surface area contributed by atoms with Crippen LogP contribution >= 0.6 is 0 Å². The van der Waals surface area contributed by atoms with E-state index in [1.54, 1.807) is 44.6 Å². The summed E-state index contributed by atoms with van der Waals surface area (Å²) in [4.78, 5) is 0.130. The molecule has 0 aliphatic heterocycles. The molecule has 1 aromatic carbocycles. The molecule has 1 N–H and O–H groups in total. The maximum Gasteiger partial charge on any atom is 0.265 e. The Morgan fingerprint density at radius 2 is 1.77 bits per heavy atom. The van der Waals surface area contributed by atoms with Gasteiger partial charge in [0.25, 0.3) is 10.0 Å². The van der Waals surface area contributed by atoms with Gasteiger partial charge in [0.1, 0.15) is 10.7 Å². The number of aryl methyl sites for hydroxylation is 2. The van der Waals surface area contributed by atoms with Crippen molar-refractivity contribution in [3.63, 3.8) is 0 Å². The van der Waals surface area contributed by atoms with E-state index in [1.807, 2.05) is 0 Å². The van der Waals surface area contributed by atoms with Gasteiger partial charge in [0.2, 0.25) is 0 Å². The predicted octanol–water partition coefficient (Wildman–Crippen LogP) is 2.53. The molecule has 0 fully saturated rings. The Labute approximate surface area is 151 Å². The second-order valence-electron chi connectivity index (χ2n) is 6.15. The average Bonchev–Trinajstić information content (AvgIpc) is 3.04. The van der Waals surface area contributed by atoms with Crippen LogP contribution in [0, 0.1) is 26.6 Å². The lowest BCUT2D eigenvalue weighted by Crippen LogP contribution is -2.15. The number of sulfonamides is 1. The molecule has 0 saturated carbocycles. The number of aromatic nitrogens is 4. The summed E-state index contributed by atoms with van der Waals surface area (Å²) < 4.78 is 44.3. The predicted molar refractivity (Wildman–Crippen MR) is 96.0 cm³/mol. The van der Waals surface area contributed by atoms with Gasteiger partial charge in [-0.05, 0) is 38.5 Å². The van der Waals surface area contributed by atoms with Crippen molar-refractivity contribution in [1.29, 1.82) is 0 Å². The van der Waals surface area contributed by atoms with Crippen LogP contribution in [0.4, 0.5) is 10.1 Å². The number of nitrogens with zero attached hydrogens (tertiary/aromatic N) is 4. The topological polar surface area (TPSA) is 81.8 Å². The van der Waals surface area contributed by atoms with Gasteiger partial charge in [-0.15, -0.1) is 0 Å². The fraction of sp³-hybridized carbons (Fsp3) is 0.294. The average molecular weight is 377 g/mol. The third-order valence-corrected chi connectivity index (χ3v) is 5.80. The number of rotatable bonds is 5. The molecule has 7 nitrogen and oxygen atoms in total. The van der Waals surface area contributed by atoms with Crippen molar-refractivity contribution in [3.8, 4) is 0 Å². The molecular weight excluding hydrogens is 357 g/mol. The van der Waals surface area contributed by atoms with Crippen molar-refractivity contribution in [2.75, 3.05) is 4.72 Å². The molecule has 3 rings (SSSR count). The summed E-state index contributed by atoms with van der Waals surface area (Å²) in [7, 11) is -2.08. The van der Waals surface area contributed by atoms with Gasteiger partial charge in [-0.1, -0.05) is 12.1 Å². The highest BCUT2D eigenvalue weighted by molar-refractivity contribution is 7.92. The van der Waals surface area contributed by atoms with Crippen LogP contribution in [0.25, 0.3) is 0 Å². The van der Waals surface area contributed by atoms with Gasteiger partial charge in [-0.3, -0.25) is 14.1 Å². The van der Waals surface area contributed by atoms with Crippen LogP contribution in [0.1, 0.15) is 22.6 Å². The smallest absolute Gasteiger partial charge is 0.265 e. The first-order valence-electron chi connectivity index (χ1n) is 7.99. The van der Waals surface area contributed by atoms with Crippen LogP contribution in [-0.4, -0.2) is 28.0 Å². The Hall–Kier alpha value is -2.68. The minimum absolute atomic E-state index is 0.130. The quantitative estimate of drug-likeness (QED) is 0.741. The number of anilines is 1. The highest BCUT2D eigenvalue weighted by atomic mass is 32.2. The normalized spacial score (nSPS) is 11.7. The lowest BCUT2D eigenvalue weighted by Gasteiger charge is -2.09. The van der Waals surface area contributed by atoms with Gasteiger partial charge in [0.15, 0.2) is 0 Å². The van der Waals surface area contributed by atoms with Crippen LogP contribution in [0.2, 0.25) is 0 Å². The molecule has 9 heteroatoms. The number of halogens is 1. The minimum Gasteiger partial charge on any atom is -0.276 e. The van der Waals surface area contributed by atoms with Crippen molar-refractivity contribution in [1.82, 2.24) is 19.6 Å². The molecule has 0 spiro atoms. The standard InChI is InChI=1S/C17H20FN5O2S/c1-11-17(21-26(24,25)16-9-19-22(4)12(16)2)13(3)23(20-11)10-14-5-7-15(18)8-6-14/h5-9,21H,10H2,1-4H3. The first kappa shape index (κ1) is 18.1. The Morgan fingerprint density at radius 3 is 2.35 bits per heavy atom. The lowest BCUT2D eigenvalue weighted by atomic mass is 10.2. The van der Waals surface area contributed by atoms with E-state index >= 15 is 0 Å². The molecule has 0 aliphatic rings. The zero-order chi connectivity index (χ0) is 19.1. The highest BCUT2D eigenvalue weighted by Gasteiger charge is 2.23. The SMILES string of the molecule is Cc1nn(Cc2ccc(F)cc2)c(C)c1NS(=O)(=O)c1cnn(C)c1C. The van der Waals surface area contributed by atoms with E-state index in [4.69, 9.17) is 0 Å². The van der Waals surface area contributed by atoms with Gasteiger partial charge in [-0.2, -0.15) is 10.2 Å². The molecular formula is C17H20FN5O2S. The first-order chi connectivity index (χ1) is 12.2. The van der Waals surface area contributed by atoms with E-state index in [0.717, 1.165) is 5.56 Å². The van der Waals surface area contributed by atoms with E-state index in [9.17, 15) is 12.8 Å². The molecule has 3 aromatic rings. The Kier molecular flexibility index (Phi) is 4.57. The van der Waals surface area contributed by atoms with Crippen LogP contribution in [0.5, 0.6) is 0 Å². The van der Waals surface area contributed by atoms with E-state index in [0.29, 0.717) is 29.3 Å². The molecule has 0 radical (unpaired) electrons. The van der Waals surface area contributed by atoms with E-state index in [-0.39, 0.29) is 10.7 Å². The second kappa shape index (κ2) is 6.56. The number of nitrogens with one attached hydrogen (secondary N) is 1. The summed E-state index contributed by atoms with van der Waals surface area (Å²) in [6.07, 6.45) is 1.32. The van der Waals surface area contributed by atoms with Crippen LogP contribution < -0.4 is 4.72 Å². The molecule has 2 heterocycles. The fourth-order valence-electron chi connectivity index (χ4n) is 2.69. The summed E-state index contributed by atoms with van der Waals surface area (Å²) in [6.45, 7) is 5.64. The Morgan fingerprint density at radius 1 is 1.12 bits per heavy atom. The largest absolute Gasteiger partial charge is 0.276 e. The maximum absolute atomic E-state index is 13.0. The zero-order valence-electron chi connectivity index (χ0n) is 15.0. The molecule has 0 atom stereocenters. The summed E-state index contributed by atoms with van der Waals surface area (Å²) in [6, 6.07) is 6.12. The first-order valence-corrected chi connectivity index (χ1v) is 9.47. The third-order valence-electron chi connectivity index (χ3n) is 4.34. The van der Waals surface area contributed by atoms with Gasteiger partial charge in [-0.25, -0.2) is 12.8 Å². The van der Waals surface area contributed by atoms with Crippen LogP contribution in [-0.2, 0) is 23.6 Å². The van der Waals surface area contributed by atoms with Crippen molar-refractivity contribution in [3.05, 3.63) is 58.9 Å². The van der Waals surface area contributed by atoms with Gasteiger partial charge >= 0.3 is 0 Å². The van der Waals surface area contributed by atoms with Crippen molar-refractivity contribution < 1.29 is 12.8 Å². The van der Waals surface area contributed by atoms with Crippen LogP contribution in [0.3, 0.4) is 0 Å². The Bertz CT molecular complexity index is 1050. The van der Waals surface area contributed by atoms with Crippen molar-refractivity contribution in [2.45, 2.75) is 32.2 Å². The fourth-order valence-corrected chi connectivity index (χ4v) is 4.07. The molecule has 0 amide bonds. The van der Waals surface area contributed by atoms with Crippen molar-refractivity contribution in [2.24, 2.45) is 7.05 Å². The molecule has 26 heavy (non-hydrogen) atoms. The Balaban J connectivity index is 1.90. The molecule has 0 aliphatic carbocycles. The minimum atomic E-state index is -3.77. The maximum atomic E-state index is 13.0. The number of hydrogen-bond donors (Lipinski definition) is 1. The van der Waals surface area contributed by atoms with Gasteiger partial charge in [0.05, 0.1) is 35.5 Å².